The number of nitrogens with one attached hydrogen (secondary N) is 1. The molecule has 0 bridgehead atoms. The Labute approximate surface area is 172 Å². The number of aromatic nitrogens is 2. The number of guanidine groups is 1. The molecule has 3 rings (SSSR count). The lowest BCUT2D eigenvalue weighted by atomic mass is 10.1. The Kier molecular flexibility index (Phi) is 8.75. The lowest BCUT2D eigenvalue weighted by Gasteiger charge is -2.36. The van der Waals surface area contributed by atoms with E-state index in [0.29, 0.717) is 5.92 Å². The van der Waals surface area contributed by atoms with Crippen LogP contribution in [0.5, 0.6) is 0 Å². The molecule has 158 valence electrons. The maximum Gasteiger partial charge on any atom is 0.205 e. The van der Waals surface area contributed by atoms with Crippen LogP contribution < -0.4 is 10.2 Å². The molecular weight excluding hydrogens is 376 g/mol. The van der Waals surface area contributed by atoms with Crippen molar-refractivity contribution in [1.82, 2.24) is 19.6 Å². The number of hydrogen-bond acceptors (Lipinski definition) is 7. The second kappa shape index (κ2) is 11.5. The van der Waals surface area contributed by atoms with Crippen molar-refractivity contribution in [2.45, 2.75) is 33.1 Å². The lowest BCUT2D eigenvalue weighted by molar-refractivity contribution is 0.0893. The van der Waals surface area contributed by atoms with E-state index in [-0.39, 0.29) is 0 Å². The zero-order valence-corrected chi connectivity index (χ0v) is 18.0. The van der Waals surface area contributed by atoms with E-state index in [1.807, 2.05) is 0 Å². The van der Waals surface area contributed by atoms with Gasteiger partial charge in [-0.3, -0.25) is 4.99 Å². The summed E-state index contributed by atoms with van der Waals surface area (Å²) in [7, 11) is 0. The molecule has 1 N–H and O–H groups in total. The third-order valence-electron chi connectivity index (χ3n) is 5.04. The van der Waals surface area contributed by atoms with Gasteiger partial charge in [-0.1, -0.05) is 6.92 Å². The summed E-state index contributed by atoms with van der Waals surface area (Å²) in [5, 5.41) is 4.48. The molecule has 0 saturated carbocycles. The zero-order chi connectivity index (χ0) is 19.6. The predicted octanol–water partition coefficient (Wildman–Crippen LogP) is 1.63. The molecule has 0 aromatic carbocycles. The van der Waals surface area contributed by atoms with Gasteiger partial charge in [0.2, 0.25) is 5.13 Å². The minimum atomic E-state index is 0.582. The molecule has 0 spiro atoms. The van der Waals surface area contributed by atoms with Gasteiger partial charge in [-0.2, -0.15) is 4.37 Å². The first-order chi connectivity index (χ1) is 13.8. The van der Waals surface area contributed by atoms with E-state index < -0.39 is 0 Å². The van der Waals surface area contributed by atoms with E-state index >= 15 is 0 Å². The number of aryl methyl sites for hydroxylation is 1. The van der Waals surface area contributed by atoms with Crippen LogP contribution in [-0.4, -0.2) is 85.9 Å². The molecule has 2 aliphatic rings. The average molecular weight is 411 g/mol. The fraction of sp³-hybridized carbons (Fsp3) is 0.842. The number of nitrogens with zero attached hydrogens (tertiary/aromatic N) is 5. The highest BCUT2D eigenvalue weighted by molar-refractivity contribution is 7.09. The standard InChI is InChI=1S/C19H34N6O2S/c1-3-17-22-19(28-23-17)25-10-8-24(9-11-25)18(20-4-2)21-7-5-12-26-14-16-6-13-27-15-16/h16H,3-15H2,1-2H3,(H,20,21). The van der Waals surface area contributed by atoms with Crippen LogP contribution in [0.4, 0.5) is 5.13 Å². The van der Waals surface area contributed by atoms with Crippen molar-refractivity contribution in [2.24, 2.45) is 10.9 Å². The summed E-state index contributed by atoms with van der Waals surface area (Å²) < 4.78 is 15.6. The molecule has 0 amide bonds. The smallest absolute Gasteiger partial charge is 0.205 e. The van der Waals surface area contributed by atoms with Crippen LogP contribution >= 0.6 is 11.5 Å². The lowest BCUT2D eigenvalue weighted by Crippen LogP contribution is -2.52. The third-order valence-corrected chi connectivity index (χ3v) is 5.86. The van der Waals surface area contributed by atoms with Crippen LogP contribution in [0.15, 0.2) is 4.99 Å². The molecule has 2 fully saturated rings. The minimum absolute atomic E-state index is 0.582. The minimum Gasteiger partial charge on any atom is -0.381 e. The van der Waals surface area contributed by atoms with Gasteiger partial charge in [-0.15, -0.1) is 0 Å². The molecule has 0 aliphatic carbocycles. The average Bonchev–Trinajstić information content (AvgIpc) is 3.42. The first kappa shape index (κ1) is 21.3. The predicted molar refractivity (Wildman–Crippen MR) is 113 cm³/mol. The topological polar surface area (TPSA) is 75.1 Å². The Hall–Kier alpha value is -1.45. The van der Waals surface area contributed by atoms with Gasteiger partial charge < -0.3 is 24.6 Å². The molecule has 1 unspecified atom stereocenters. The Morgan fingerprint density at radius 1 is 1.32 bits per heavy atom. The number of aliphatic imine (C=N–C) groups is 1. The van der Waals surface area contributed by atoms with Gasteiger partial charge in [0.25, 0.3) is 0 Å². The normalized spacial score (nSPS) is 20.8. The van der Waals surface area contributed by atoms with E-state index in [2.05, 4.69) is 38.3 Å². The van der Waals surface area contributed by atoms with Crippen molar-refractivity contribution in [3.63, 3.8) is 0 Å². The molecule has 2 saturated heterocycles. The van der Waals surface area contributed by atoms with Crippen molar-refractivity contribution in [2.75, 3.05) is 70.6 Å². The van der Waals surface area contributed by atoms with E-state index in [1.54, 1.807) is 0 Å². The second-order valence-corrected chi connectivity index (χ2v) is 7.94. The van der Waals surface area contributed by atoms with Crippen molar-refractivity contribution >= 4 is 22.6 Å². The van der Waals surface area contributed by atoms with Crippen LogP contribution in [0.3, 0.4) is 0 Å². The quantitative estimate of drug-likeness (QED) is 0.377. The van der Waals surface area contributed by atoms with Gasteiger partial charge >= 0.3 is 0 Å². The second-order valence-electron chi connectivity index (χ2n) is 7.21. The Bertz CT molecular complexity index is 597. The molecule has 2 aliphatic heterocycles. The van der Waals surface area contributed by atoms with E-state index in [9.17, 15) is 0 Å². The highest BCUT2D eigenvalue weighted by atomic mass is 32.1. The summed E-state index contributed by atoms with van der Waals surface area (Å²) in [6, 6.07) is 0. The zero-order valence-electron chi connectivity index (χ0n) is 17.2. The van der Waals surface area contributed by atoms with Gasteiger partial charge in [-0.25, -0.2) is 4.98 Å². The summed E-state index contributed by atoms with van der Waals surface area (Å²) in [6.45, 7) is 13.0. The third kappa shape index (κ3) is 6.28. The summed E-state index contributed by atoms with van der Waals surface area (Å²) in [4.78, 5) is 14.1. The fourth-order valence-electron chi connectivity index (χ4n) is 3.37. The Morgan fingerprint density at radius 2 is 2.18 bits per heavy atom. The Morgan fingerprint density at radius 3 is 2.86 bits per heavy atom. The van der Waals surface area contributed by atoms with Crippen molar-refractivity contribution in [1.29, 1.82) is 0 Å². The molecule has 8 nitrogen and oxygen atoms in total. The molecule has 1 aromatic heterocycles. The Balaban J connectivity index is 1.38. The van der Waals surface area contributed by atoms with Crippen molar-refractivity contribution < 1.29 is 9.47 Å². The molecule has 28 heavy (non-hydrogen) atoms. The van der Waals surface area contributed by atoms with Gasteiger partial charge in [0, 0.05) is 76.4 Å². The monoisotopic (exact) mass is 410 g/mol. The highest BCUT2D eigenvalue weighted by Crippen LogP contribution is 2.19. The van der Waals surface area contributed by atoms with E-state index in [0.717, 1.165) is 102 Å². The van der Waals surface area contributed by atoms with Crippen LogP contribution in [-0.2, 0) is 15.9 Å². The molecule has 1 atom stereocenters. The fourth-order valence-corrected chi connectivity index (χ4v) is 4.17. The molecule has 9 heteroatoms. The van der Waals surface area contributed by atoms with Crippen LogP contribution in [0.1, 0.15) is 32.5 Å². The van der Waals surface area contributed by atoms with Gasteiger partial charge in [0.1, 0.15) is 5.82 Å². The first-order valence-corrected chi connectivity index (χ1v) is 11.3. The van der Waals surface area contributed by atoms with Gasteiger partial charge in [0.05, 0.1) is 13.2 Å². The summed E-state index contributed by atoms with van der Waals surface area (Å²) >= 11 is 1.51. The van der Waals surface area contributed by atoms with Crippen molar-refractivity contribution in [3.8, 4) is 0 Å². The highest BCUT2D eigenvalue weighted by Gasteiger charge is 2.22. The summed E-state index contributed by atoms with van der Waals surface area (Å²) in [6.07, 6.45) is 2.98. The summed E-state index contributed by atoms with van der Waals surface area (Å²) in [5.74, 6) is 2.54. The van der Waals surface area contributed by atoms with Crippen LogP contribution in [0.2, 0.25) is 0 Å². The molecule has 3 heterocycles. The van der Waals surface area contributed by atoms with Crippen LogP contribution in [0.25, 0.3) is 0 Å². The van der Waals surface area contributed by atoms with Gasteiger partial charge in [0.15, 0.2) is 5.96 Å². The van der Waals surface area contributed by atoms with Gasteiger partial charge in [-0.05, 0) is 19.8 Å². The largest absolute Gasteiger partial charge is 0.381 e. The molecule has 1 aromatic rings. The first-order valence-electron chi connectivity index (χ1n) is 10.6. The number of rotatable bonds is 9. The number of hydrogen-bond donors (Lipinski definition) is 1. The summed E-state index contributed by atoms with van der Waals surface area (Å²) in [5.41, 5.74) is 0. The SMILES string of the molecule is CCNC(=NCCCOCC1CCOC1)N1CCN(c2nc(CC)ns2)CC1. The van der Waals surface area contributed by atoms with Crippen molar-refractivity contribution in [3.05, 3.63) is 5.82 Å². The number of ether oxygens (including phenoxy) is 2. The number of anilines is 1. The van der Waals surface area contributed by atoms with E-state index in [1.165, 1.54) is 11.5 Å². The molecule has 0 radical (unpaired) electrons. The maximum atomic E-state index is 5.78. The van der Waals surface area contributed by atoms with E-state index in [4.69, 9.17) is 14.5 Å². The maximum absolute atomic E-state index is 5.78. The molecular formula is C19H34N6O2S. The number of piperazine rings is 1. The van der Waals surface area contributed by atoms with Crippen LogP contribution in [0, 0.1) is 5.92 Å².